The van der Waals surface area contributed by atoms with E-state index in [9.17, 15) is 32.5 Å². The van der Waals surface area contributed by atoms with Crippen LogP contribution in [0.1, 0.15) is 6.23 Å². The van der Waals surface area contributed by atoms with E-state index in [-0.39, 0.29) is 4.77 Å². The predicted molar refractivity (Wildman–Crippen MR) is 103 cm³/mol. The van der Waals surface area contributed by atoms with Crippen LogP contribution in [0.4, 0.5) is 8.78 Å². The molecule has 21 heteroatoms. The lowest BCUT2D eigenvalue weighted by Gasteiger charge is -2.26. The summed E-state index contributed by atoms with van der Waals surface area (Å²) in [6.45, 7) is -1.26. The lowest BCUT2D eigenvalue weighted by Crippen LogP contribution is -2.43. The molecule has 0 amide bonds. The molecule has 0 radical (unpaired) electrons. The molecule has 6 unspecified atom stereocenters. The van der Waals surface area contributed by atoms with Crippen molar-refractivity contribution in [3.8, 4) is 12.3 Å². The molecule has 1 aliphatic rings. The highest BCUT2D eigenvalue weighted by atomic mass is 32.1. The Morgan fingerprint density at radius 2 is 1.84 bits per heavy atom. The molecule has 2 heterocycles. The summed E-state index contributed by atoms with van der Waals surface area (Å²) in [5.41, 5.74) is -2.80. The van der Waals surface area contributed by atoms with Gasteiger partial charge in [-0.15, -0.1) is 6.42 Å². The van der Waals surface area contributed by atoms with E-state index in [0.29, 0.717) is 10.8 Å². The van der Waals surface area contributed by atoms with Crippen molar-refractivity contribution in [3.05, 3.63) is 21.4 Å². The molecule has 180 valence electrons. The topological polar surface area (TPSA) is 210 Å². The van der Waals surface area contributed by atoms with E-state index in [1.807, 2.05) is 0 Å². The van der Waals surface area contributed by atoms with Crippen LogP contribution in [0.15, 0.2) is 6.20 Å². The molecule has 1 aromatic heterocycles. The highest BCUT2D eigenvalue weighted by molar-refractivity contribution is 7.72. The number of phosphoric ester groups is 1. The zero-order valence-electron chi connectivity index (χ0n) is 15.0. The fraction of sp³-hybridized carbons (Fsp3) is 0.455. The lowest BCUT2D eigenvalue weighted by atomic mass is 9.96. The minimum Gasteiger partial charge on any atom is -0.371 e. The number of phosphoric acid groups is 3. The SMILES string of the molecule is C#CC1(O)C(F)C(COP(=O)(O)OP(=O)(O)OP(=O)(O)O)OC1n1cc(F)c(=S)[nH]c1=S. The molecular formula is C11H13F2N2O12P3S2. The van der Waals surface area contributed by atoms with Gasteiger partial charge >= 0.3 is 23.5 Å². The van der Waals surface area contributed by atoms with Gasteiger partial charge in [0.25, 0.3) is 0 Å². The van der Waals surface area contributed by atoms with Gasteiger partial charge in [0.1, 0.15) is 10.7 Å². The Bertz CT molecular complexity index is 1200. The van der Waals surface area contributed by atoms with Crippen molar-refractivity contribution in [2.75, 3.05) is 6.61 Å². The van der Waals surface area contributed by atoms with Crippen LogP contribution in [0.5, 0.6) is 0 Å². The Morgan fingerprint density at radius 3 is 2.38 bits per heavy atom. The van der Waals surface area contributed by atoms with Gasteiger partial charge in [-0.3, -0.25) is 9.09 Å². The van der Waals surface area contributed by atoms with E-state index in [2.05, 4.69) is 30.3 Å². The van der Waals surface area contributed by atoms with Crippen molar-refractivity contribution >= 4 is 47.9 Å². The third kappa shape index (κ3) is 6.44. The molecule has 0 saturated carbocycles. The van der Waals surface area contributed by atoms with Crippen molar-refractivity contribution in [1.82, 2.24) is 9.55 Å². The van der Waals surface area contributed by atoms with Gasteiger partial charge in [0.15, 0.2) is 23.0 Å². The summed E-state index contributed by atoms with van der Waals surface area (Å²) in [6, 6.07) is 0. The molecule has 0 spiro atoms. The smallest absolute Gasteiger partial charge is 0.371 e. The molecule has 1 aromatic rings. The highest BCUT2D eigenvalue weighted by Gasteiger charge is 2.57. The second-order valence-electron chi connectivity index (χ2n) is 5.93. The van der Waals surface area contributed by atoms with Gasteiger partial charge in [0.05, 0.1) is 6.61 Å². The second-order valence-corrected chi connectivity index (χ2v) is 11.1. The van der Waals surface area contributed by atoms with Gasteiger partial charge in [-0.1, -0.05) is 18.1 Å². The van der Waals surface area contributed by atoms with Crippen LogP contribution in [-0.4, -0.2) is 58.7 Å². The van der Waals surface area contributed by atoms with E-state index in [1.54, 1.807) is 5.92 Å². The first-order valence-corrected chi connectivity index (χ1v) is 13.0. The first-order chi connectivity index (χ1) is 14.4. The second kappa shape index (κ2) is 9.49. The van der Waals surface area contributed by atoms with Crippen molar-refractivity contribution in [3.63, 3.8) is 0 Å². The molecule has 6 atom stereocenters. The van der Waals surface area contributed by atoms with Crippen LogP contribution in [0.2, 0.25) is 0 Å². The largest absolute Gasteiger partial charge is 0.490 e. The van der Waals surface area contributed by atoms with E-state index in [4.69, 9.17) is 38.1 Å². The summed E-state index contributed by atoms with van der Waals surface area (Å²) in [6.07, 6.45) is -0.545. The molecule has 1 fully saturated rings. The van der Waals surface area contributed by atoms with Crippen LogP contribution in [0, 0.1) is 27.6 Å². The van der Waals surface area contributed by atoms with E-state index in [0.717, 1.165) is 0 Å². The zero-order valence-corrected chi connectivity index (χ0v) is 19.4. The third-order valence-corrected chi connectivity index (χ3v) is 8.07. The van der Waals surface area contributed by atoms with E-state index >= 15 is 0 Å². The maximum absolute atomic E-state index is 14.8. The van der Waals surface area contributed by atoms with Gasteiger partial charge in [-0.2, -0.15) is 8.62 Å². The fourth-order valence-corrected chi connectivity index (χ4v) is 5.91. The van der Waals surface area contributed by atoms with Gasteiger partial charge in [-0.25, -0.2) is 22.5 Å². The summed E-state index contributed by atoms with van der Waals surface area (Å²) in [7, 11) is -17.0. The number of rotatable bonds is 8. The van der Waals surface area contributed by atoms with Crippen molar-refractivity contribution in [1.29, 1.82) is 0 Å². The van der Waals surface area contributed by atoms with Crippen molar-refractivity contribution in [2.45, 2.75) is 24.1 Å². The average Bonchev–Trinajstić information content (AvgIpc) is 2.85. The Morgan fingerprint density at radius 1 is 1.25 bits per heavy atom. The molecule has 0 aliphatic carbocycles. The van der Waals surface area contributed by atoms with Crippen LogP contribution in [-0.2, 0) is 31.6 Å². The number of aromatic amines is 1. The van der Waals surface area contributed by atoms with Gasteiger partial charge in [0.2, 0.25) is 5.60 Å². The molecule has 6 N–H and O–H groups in total. The zero-order chi connectivity index (χ0) is 24.7. The van der Waals surface area contributed by atoms with E-state index in [1.165, 1.54) is 0 Å². The van der Waals surface area contributed by atoms with Crippen LogP contribution < -0.4 is 0 Å². The van der Waals surface area contributed by atoms with Gasteiger partial charge in [-0.05, 0) is 12.2 Å². The van der Waals surface area contributed by atoms with Crippen molar-refractivity contribution < 1.29 is 65.0 Å². The average molecular weight is 560 g/mol. The first kappa shape index (κ1) is 27.5. The van der Waals surface area contributed by atoms with Gasteiger partial charge < -0.3 is 34.4 Å². The molecule has 14 nitrogen and oxygen atoms in total. The number of alkyl halides is 1. The van der Waals surface area contributed by atoms with Crippen LogP contribution >= 0.6 is 47.9 Å². The molecule has 0 aromatic carbocycles. The molecule has 2 rings (SSSR count). The number of aromatic nitrogens is 2. The standard InChI is InChI=1S/C11H13F2N2O12P3S2/c1-2-11(16)7(13)6(25-9(11)15-3-5(12)8(31)14-10(15)32)4-24-29(20,21)27-30(22,23)26-28(17,18)19/h1,3,6-7,9,16H,4H2,(H,20,21)(H,22,23)(H,14,31,32)(H2,17,18,19). The Kier molecular flexibility index (Phi) is 8.16. The minimum absolute atomic E-state index is 0.337. The molecule has 32 heavy (non-hydrogen) atoms. The molecular weight excluding hydrogens is 547 g/mol. The number of aliphatic hydroxyl groups is 1. The minimum atomic E-state index is -5.81. The van der Waals surface area contributed by atoms with E-state index < -0.39 is 64.6 Å². The number of nitrogens with zero attached hydrogens (tertiary/aromatic N) is 1. The number of nitrogens with one attached hydrogen (secondary N) is 1. The number of ether oxygens (including phenoxy) is 1. The number of hydrogen-bond acceptors (Lipinski definition) is 10. The van der Waals surface area contributed by atoms with Crippen LogP contribution in [0.3, 0.4) is 0 Å². The lowest BCUT2D eigenvalue weighted by molar-refractivity contribution is -0.0738. The molecule has 1 aliphatic heterocycles. The Hall–Kier alpha value is -0.730. The number of H-pyrrole nitrogens is 1. The number of hydrogen-bond donors (Lipinski definition) is 6. The molecule has 1 saturated heterocycles. The maximum Gasteiger partial charge on any atom is 0.490 e. The van der Waals surface area contributed by atoms with Crippen LogP contribution in [0.25, 0.3) is 0 Å². The summed E-state index contributed by atoms with van der Waals surface area (Å²) >= 11 is 9.55. The Balaban J connectivity index is 2.23. The number of terminal acetylenes is 1. The monoisotopic (exact) mass is 560 g/mol. The first-order valence-electron chi connectivity index (χ1n) is 7.70. The summed E-state index contributed by atoms with van der Waals surface area (Å²) in [4.78, 5) is 37.7. The predicted octanol–water partition coefficient (Wildman–Crippen LogP) is 1.36. The summed E-state index contributed by atoms with van der Waals surface area (Å²) in [5.74, 6) is 0.669. The normalized spacial score (nSPS) is 29.8. The van der Waals surface area contributed by atoms with Crippen molar-refractivity contribution in [2.24, 2.45) is 0 Å². The maximum atomic E-state index is 14.8. The highest BCUT2D eigenvalue weighted by Crippen LogP contribution is 2.66. The quantitative estimate of drug-likeness (QED) is 0.151. The number of halogens is 2. The summed E-state index contributed by atoms with van der Waals surface area (Å²) < 4.78 is 78.7. The molecule has 0 bridgehead atoms. The van der Waals surface area contributed by atoms with Gasteiger partial charge in [0, 0.05) is 6.20 Å². The fourth-order valence-electron chi connectivity index (χ4n) is 2.42. The third-order valence-electron chi connectivity index (χ3n) is 3.65. The Labute approximate surface area is 187 Å². The summed E-state index contributed by atoms with van der Waals surface area (Å²) in [5, 5.41) is 10.5.